The predicted molar refractivity (Wildman–Crippen MR) is 117 cm³/mol. The molecule has 0 spiro atoms. The monoisotopic (exact) mass is 417 g/mol. The third-order valence-corrected chi connectivity index (χ3v) is 4.87. The van der Waals surface area contributed by atoms with Gasteiger partial charge >= 0.3 is 0 Å². The molecule has 0 saturated carbocycles. The van der Waals surface area contributed by atoms with Crippen LogP contribution in [0.25, 0.3) is 0 Å². The number of para-hydroxylation sites is 1. The Labute approximate surface area is 177 Å². The van der Waals surface area contributed by atoms with E-state index in [1.807, 2.05) is 35.2 Å². The molecule has 0 unspecified atom stereocenters. The molecule has 0 atom stereocenters. The molecule has 29 heavy (non-hydrogen) atoms. The third-order valence-electron chi connectivity index (χ3n) is 4.87. The van der Waals surface area contributed by atoms with Crippen LogP contribution in [0.5, 0.6) is 0 Å². The molecule has 2 amide bonds. The number of benzene rings is 2. The van der Waals surface area contributed by atoms with Crippen molar-refractivity contribution >= 4 is 29.9 Å². The van der Waals surface area contributed by atoms with Gasteiger partial charge in [-0.15, -0.1) is 12.4 Å². The number of piperidine rings is 1. The molecule has 7 heteroatoms. The minimum atomic E-state index is -0.229. The third kappa shape index (κ3) is 6.29. The quantitative estimate of drug-likeness (QED) is 0.676. The van der Waals surface area contributed by atoms with E-state index in [-0.39, 0.29) is 30.3 Å². The van der Waals surface area contributed by atoms with Gasteiger partial charge in [-0.3, -0.25) is 9.59 Å². The van der Waals surface area contributed by atoms with E-state index in [9.17, 15) is 9.59 Å². The Morgan fingerprint density at radius 1 is 1.03 bits per heavy atom. The molecule has 0 aliphatic carbocycles. The number of ether oxygens (including phenoxy) is 1. The van der Waals surface area contributed by atoms with E-state index in [2.05, 4.69) is 5.32 Å². The lowest BCUT2D eigenvalue weighted by Crippen LogP contribution is -2.41. The molecule has 1 saturated heterocycles. The SMILES string of the molecule is Cl.NCCCOC1CCN(C(=O)c2ccccc2NC(=O)c2ccccc2)CC1. The van der Waals surface area contributed by atoms with Crippen molar-refractivity contribution in [2.45, 2.75) is 25.4 Å². The Morgan fingerprint density at radius 3 is 2.38 bits per heavy atom. The summed E-state index contributed by atoms with van der Waals surface area (Å²) in [4.78, 5) is 27.3. The summed E-state index contributed by atoms with van der Waals surface area (Å²) in [7, 11) is 0. The number of likely N-dealkylation sites (tertiary alicyclic amines) is 1. The maximum absolute atomic E-state index is 13.0. The second-order valence-electron chi connectivity index (χ2n) is 6.87. The fourth-order valence-corrected chi connectivity index (χ4v) is 3.29. The largest absolute Gasteiger partial charge is 0.378 e. The highest BCUT2D eigenvalue weighted by molar-refractivity contribution is 6.09. The van der Waals surface area contributed by atoms with E-state index in [1.165, 1.54) is 0 Å². The number of nitrogens with one attached hydrogen (secondary N) is 1. The number of carbonyl (C=O) groups excluding carboxylic acids is 2. The number of amides is 2. The lowest BCUT2D eigenvalue weighted by Gasteiger charge is -2.32. The molecule has 1 aliphatic rings. The highest BCUT2D eigenvalue weighted by Crippen LogP contribution is 2.22. The first-order chi connectivity index (χ1) is 13.7. The molecular formula is C22H28ClN3O3. The average Bonchev–Trinajstić information content (AvgIpc) is 2.75. The molecule has 0 bridgehead atoms. The Hall–Kier alpha value is -2.41. The van der Waals surface area contributed by atoms with Crippen LogP contribution in [0.2, 0.25) is 0 Å². The van der Waals surface area contributed by atoms with Crippen molar-refractivity contribution in [3.8, 4) is 0 Å². The van der Waals surface area contributed by atoms with Crippen LogP contribution in [0.1, 0.15) is 40.0 Å². The molecule has 2 aromatic rings. The fraction of sp³-hybridized carbons (Fsp3) is 0.364. The minimum Gasteiger partial charge on any atom is -0.378 e. The zero-order valence-electron chi connectivity index (χ0n) is 16.4. The van der Waals surface area contributed by atoms with E-state index >= 15 is 0 Å². The molecule has 3 N–H and O–H groups in total. The van der Waals surface area contributed by atoms with Crippen LogP contribution in [0, 0.1) is 0 Å². The van der Waals surface area contributed by atoms with Crippen LogP contribution in [-0.4, -0.2) is 49.1 Å². The highest BCUT2D eigenvalue weighted by Gasteiger charge is 2.25. The van der Waals surface area contributed by atoms with Gasteiger partial charge in [-0.25, -0.2) is 0 Å². The zero-order valence-corrected chi connectivity index (χ0v) is 17.2. The molecule has 3 rings (SSSR count). The van der Waals surface area contributed by atoms with Crippen LogP contribution in [-0.2, 0) is 4.74 Å². The van der Waals surface area contributed by atoms with Gasteiger partial charge in [0.05, 0.1) is 17.4 Å². The second-order valence-corrected chi connectivity index (χ2v) is 6.87. The van der Waals surface area contributed by atoms with Gasteiger partial charge in [0, 0.05) is 25.3 Å². The van der Waals surface area contributed by atoms with Crippen molar-refractivity contribution in [3.05, 3.63) is 65.7 Å². The molecule has 1 heterocycles. The highest BCUT2D eigenvalue weighted by atomic mass is 35.5. The van der Waals surface area contributed by atoms with Crippen molar-refractivity contribution in [1.29, 1.82) is 0 Å². The van der Waals surface area contributed by atoms with Gasteiger partial charge in [0.2, 0.25) is 0 Å². The Bertz CT molecular complexity index is 793. The predicted octanol–water partition coefficient (Wildman–Crippen LogP) is 3.33. The first-order valence-corrected chi connectivity index (χ1v) is 9.75. The summed E-state index contributed by atoms with van der Waals surface area (Å²) >= 11 is 0. The first-order valence-electron chi connectivity index (χ1n) is 9.75. The molecule has 2 aromatic carbocycles. The molecule has 1 fully saturated rings. The van der Waals surface area contributed by atoms with E-state index in [4.69, 9.17) is 10.5 Å². The Kier molecular flexibility index (Phi) is 9.12. The number of nitrogens with two attached hydrogens (primary N) is 1. The van der Waals surface area contributed by atoms with Gasteiger partial charge in [-0.05, 0) is 50.1 Å². The summed E-state index contributed by atoms with van der Waals surface area (Å²) in [5, 5.41) is 2.87. The van der Waals surface area contributed by atoms with Crippen molar-refractivity contribution < 1.29 is 14.3 Å². The van der Waals surface area contributed by atoms with Crippen molar-refractivity contribution in [2.24, 2.45) is 5.73 Å². The standard InChI is InChI=1S/C22H27N3O3.ClH/c23-13-6-16-28-18-11-14-25(15-12-18)22(27)19-9-4-5-10-20(19)24-21(26)17-7-2-1-3-8-17;/h1-5,7-10,18H,6,11-16,23H2,(H,24,26);1H. The molecule has 0 aromatic heterocycles. The summed E-state index contributed by atoms with van der Waals surface area (Å²) in [6.45, 7) is 2.59. The summed E-state index contributed by atoms with van der Waals surface area (Å²) in [5.41, 5.74) is 7.09. The second kappa shape index (κ2) is 11.6. The van der Waals surface area contributed by atoms with Gasteiger partial charge in [0.1, 0.15) is 0 Å². The van der Waals surface area contributed by atoms with Gasteiger partial charge in [-0.2, -0.15) is 0 Å². The average molecular weight is 418 g/mol. The number of anilines is 1. The molecular weight excluding hydrogens is 390 g/mol. The maximum Gasteiger partial charge on any atom is 0.255 e. The van der Waals surface area contributed by atoms with Crippen molar-refractivity contribution in [1.82, 2.24) is 4.90 Å². The van der Waals surface area contributed by atoms with Gasteiger partial charge in [0.25, 0.3) is 11.8 Å². The van der Waals surface area contributed by atoms with Gasteiger partial charge in [0.15, 0.2) is 0 Å². The van der Waals surface area contributed by atoms with Crippen molar-refractivity contribution in [3.63, 3.8) is 0 Å². The number of halogens is 1. The molecule has 156 valence electrons. The zero-order chi connectivity index (χ0) is 19.8. The molecule has 0 radical (unpaired) electrons. The van der Waals surface area contributed by atoms with E-state index in [1.54, 1.807) is 24.3 Å². The number of rotatable bonds is 7. The van der Waals surface area contributed by atoms with Gasteiger partial charge < -0.3 is 20.7 Å². The molecule has 6 nitrogen and oxygen atoms in total. The summed E-state index contributed by atoms with van der Waals surface area (Å²) in [6, 6.07) is 16.1. The van der Waals surface area contributed by atoms with Crippen LogP contribution >= 0.6 is 12.4 Å². The Balaban J connectivity index is 0.00000300. The van der Waals surface area contributed by atoms with E-state index < -0.39 is 0 Å². The van der Waals surface area contributed by atoms with Crippen molar-refractivity contribution in [2.75, 3.05) is 31.6 Å². The normalized spacial score (nSPS) is 14.2. The van der Waals surface area contributed by atoms with E-state index in [0.717, 1.165) is 19.3 Å². The molecule has 1 aliphatic heterocycles. The number of carbonyl (C=O) groups is 2. The van der Waals surface area contributed by atoms with E-state index in [0.29, 0.717) is 43.1 Å². The summed E-state index contributed by atoms with van der Waals surface area (Å²) < 4.78 is 5.81. The minimum absolute atomic E-state index is 0. The van der Waals surface area contributed by atoms with Crippen LogP contribution in [0.15, 0.2) is 54.6 Å². The number of hydrogen-bond donors (Lipinski definition) is 2. The maximum atomic E-state index is 13.0. The number of nitrogens with zero attached hydrogens (tertiary/aromatic N) is 1. The first kappa shape index (κ1) is 22.9. The smallest absolute Gasteiger partial charge is 0.255 e. The van der Waals surface area contributed by atoms with Crippen LogP contribution in [0.4, 0.5) is 5.69 Å². The summed E-state index contributed by atoms with van der Waals surface area (Å²) in [5.74, 6) is -0.294. The Morgan fingerprint density at radius 2 is 1.69 bits per heavy atom. The number of hydrogen-bond acceptors (Lipinski definition) is 4. The lowest BCUT2D eigenvalue weighted by atomic mass is 10.1. The van der Waals surface area contributed by atoms with Gasteiger partial charge in [-0.1, -0.05) is 30.3 Å². The lowest BCUT2D eigenvalue weighted by molar-refractivity contribution is 0.00847. The van der Waals surface area contributed by atoms with Crippen LogP contribution in [0.3, 0.4) is 0 Å². The summed E-state index contributed by atoms with van der Waals surface area (Å²) in [6.07, 6.45) is 2.67. The van der Waals surface area contributed by atoms with Crippen LogP contribution < -0.4 is 11.1 Å². The fourth-order valence-electron chi connectivity index (χ4n) is 3.29. The topological polar surface area (TPSA) is 84.7 Å².